The van der Waals surface area contributed by atoms with Crippen molar-refractivity contribution in [2.75, 3.05) is 11.9 Å². The summed E-state index contributed by atoms with van der Waals surface area (Å²) in [7, 11) is 2.02. The third-order valence-corrected chi connectivity index (χ3v) is 4.20. The second-order valence-electron chi connectivity index (χ2n) is 5.60. The molecule has 1 aliphatic rings. The van der Waals surface area contributed by atoms with E-state index in [0.29, 0.717) is 11.6 Å². The molecule has 0 amide bonds. The van der Waals surface area contributed by atoms with Crippen LogP contribution in [0.1, 0.15) is 57.1 Å². The Kier molecular flexibility index (Phi) is 4.81. The number of benzene rings is 1. The van der Waals surface area contributed by atoms with Gasteiger partial charge in [0, 0.05) is 24.3 Å². The molecule has 1 fully saturated rings. The van der Waals surface area contributed by atoms with E-state index in [1.165, 1.54) is 31.7 Å². The topological polar surface area (TPSA) is 23.5 Å². The number of anilines is 1. The Labute approximate surface area is 115 Å². The van der Waals surface area contributed by atoms with Crippen LogP contribution in [-0.2, 0) is 0 Å². The molecule has 0 radical (unpaired) electrons. The minimum Gasteiger partial charge on any atom is -0.389 e. The van der Waals surface area contributed by atoms with Crippen LogP contribution in [0.2, 0.25) is 0 Å². The van der Waals surface area contributed by atoms with Crippen molar-refractivity contribution in [3.05, 3.63) is 29.6 Å². The second-order valence-corrected chi connectivity index (χ2v) is 5.60. The highest BCUT2D eigenvalue weighted by atomic mass is 19.1. The Hall–Kier alpha value is -1.09. The highest BCUT2D eigenvalue weighted by Gasteiger charge is 2.22. The standard InChI is InChI=1S/C16H24FNO/c1-12(19)16-14(17)10-7-11-15(16)18(2)13-8-5-3-4-6-9-13/h7,10-13,19H,3-6,8-9H2,1-2H3/t12-/m1/s1. The highest BCUT2D eigenvalue weighted by molar-refractivity contribution is 5.55. The monoisotopic (exact) mass is 265 g/mol. The first kappa shape index (κ1) is 14.3. The number of aliphatic hydroxyl groups is 1. The molecule has 1 aromatic carbocycles. The molecule has 1 aromatic rings. The number of rotatable bonds is 3. The van der Waals surface area contributed by atoms with Gasteiger partial charge in [-0.1, -0.05) is 31.7 Å². The molecule has 1 aliphatic carbocycles. The molecule has 0 unspecified atom stereocenters. The van der Waals surface area contributed by atoms with Gasteiger partial charge in [0.15, 0.2) is 0 Å². The number of hydrogen-bond donors (Lipinski definition) is 1. The van der Waals surface area contributed by atoms with Crippen molar-refractivity contribution in [2.45, 2.75) is 57.6 Å². The van der Waals surface area contributed by atoms with Crippen LogP contribution in [0.3, 0.4) is 0 Å². The van der Waals surface area contributed by atoms with E-state index in [0.717, 1.165) is 18.5 Å². The average molecular weight is 265 g/mol. The SMILES string of the molecule is C[C@@H](O)c1c(F)cccc1N(C)C1CCCCCC1. The maximum Gasteiger partial charge on any atom is 0.131 e. The number of halogens is 1. The van der Waals surface area contributed by atoms with Gasteiger partial charge in [-0.2, -0.15) is 0 Å². The molecule has 0 aromatic heterocycles. The first-order valence-electron chi connectivity index (χ1n) is 7.30. The molecule has 1 N–H and O–H groups in total. The third kappa shape index (κ3) is 3.27. The van der Waals surface area contributed by atoms with E-state index in [9.17, 15) is 9.50 Å². The Morgan fingerprint density at radius 1 is 1.21 bits per heavy atom. The van der Waals surface area contributed by atoms with Gasteiger partial charge in [-0.05, 0) is 31.9 Å². The Morgan fingerprint density at radius 2 is 1.84 bits per heavy atom. The van der Waals surface area contributed by atoms with Crippen LogP contribution in [0.15, 0.2) is 18.2 Å². The van der Waals surface area contributed by atoms with E-state index in [1.807, 2.05) is 13.1 Å². The van der Waals surface area contributed by atoms with Gasteiger partial charge >= 0.3 is 0 Å². The molecule has 0 saturated heterocycles. The summed E-state index contributed by atoms with van der Waals surface area (Å²) < 4.78 is 13.9. The van der Waals surface area contributed by atoms with Crippen LogP contribution in [0.25, 0.3) is 0 Å². The summed E-state index contributed by atoms with van der Waals surface area (Å²) in [5.74, 6) is -0.312. The van der Waals surface area contributed by atoms with Gasteiger partial charge in [0.25, 0.3) is 0 Å². The largest absolute Gasteiger partial charge is 0.389 e. The maximum atomic E-state index is 13.9. The van der Waals surface area contributed by atoms with Gasteiger partial charge in [0.05, 0.1) is 6.10 Å². The summed E-state index contributed by atoms with van der Waals surface area (Å²) in [6.45, 7) is 1.63. The molecular formula is C16H24FNO. The normalized spacial score (nSPS) is 18.9. The number of aliphatic hydroxyl groups excluding tert-OH is 1. The van der Waals surface area contributed by atoms with E-state index >= 15 is 0 Å². The Bertz CT molecular complexity index is 411. The zero-order chi connectivity index (χ0) is 13.8. The second kappa shape index (κ2) is 6.38. The van der Waals surface area contributed by atoms with E-state index in [4.69, 9.17) is 0 Å². The van der Waals surface area contributed by atoms with Gasteiger partial charge < -0.3 is 10.0 Å². The van der Waals surface area contributed by atoms with Crippen molar-refractivity contribution in [1.82, 2.24) is 0 Å². The fraction of sp³-hybridized carbons (Fsp3) is 0.625. The predicted molar refractivity (Wildman–Crippen MR) is 76.9 cm³/mol. The van der Waals surface area contributed by atoms with Crippen LogP contribution in [-0.4, -0.2) is 18.2 Å². The molecule has 3 heteroatoms. The maximum absolute atomic E-state index is 13.9. The summed E-state index contributed by atoms with van der Waals surface area (Å²) in [5, 5.41) is 9.82. The quantitative estimate of drug-likeness (QED) is 0.834. The first-order valence-corrected chi connectivity index (χ1v) is 7.30. The molecular weight excluding hydrogens is 241 g/mol. The lowest BCUT2D eigenvalue weighted by Crippen LogP contribution is -2.32. The third-order valence-electron chi connectivity index (χ3n) is 4.20. The molecule has 1 atom stereocenters. The van der Waals surface area contributed by atoms with E-state index < -0.39 is 6.10 Å². The number of hydrogen-bond acceptors (Lipinski definition) is 2. The van der Waals surface area contributed by atoms with Gasteiger partial charge in [0.2, 0.25) is 0 Å². The lowest BCUT2D eigenvalue weighted by atomic mass is 10.0. The van der Waals surface area contributed by atoms with Crippen LogP contribution in [0, 0.1) is 5.82 Å². The summed E-state index contributed by atoms with van der Waals surface area (Å²) in [6, 6.07) is 5.52. The molecule has 0 spiro atoms. The molecule has 0 heterocycles. The predicted octanol–water partition coefficient (Wildman–Crippen LogP) is 4.04. The van der Waals surface area contributed by atoms with Crippen molar-refractivity contribution < 1.29 is 9.50 Å². The smallest absolute Gasteiger partial charge is 0.131 e. The lowest BCUT2D eigenvalue weighted by Gasteiger charge is -2.31. The van der Waals surface area contributed by atoms with Crippen LogP contribution < -0.4 is 4.90 Å². The van der Waals surface area contributed by atoms with E-state index in [-0.39, 0.29) is 5.82 Å². The van der Waals surface area contributed by atoms with Crippen molar-refractivity contribution in [2.24, 2.45) is 0 Å². The summed E-state index contributed by atoms with van der Waals surface area (Å²) in [5.41, 5.74) is 1.26. The van der Waals surface area contributed by atoms with Crippen molar-refractivity contribution in [1.29, 1.82) is 0 Å². The molecule has 106 valence electrons. The van der Waals surface area contributed by atoms with Gasteiger partial charge in [0.1, 0.15) is 5.82 Å². The van der Waals surface area contributed by atoms with E-state index in [1.54, 1.807) is 13.0 Å². The molecule has 0 aliphatic heterocycles. The first-order chi connectivity index (χ1) is 9.11. The zero-order valence-corrected chi connectivity index (χ0v) is 11.9. The molecule has 1 saturated carbocycles. The Morgan fingerprint density at radius 3 is 2.42 bits per heavy atom. The van der Waals surface area contributed by atoms with Crippen molar-refractivity contribution >= 4 is 5.69 Å². The average Bonchev–Trinajstić information content (AvgIpc) is 2.66. The highest BCUT2D eigenvalue weighted by Crippen LogP contribution is 2.32. The molecule has 2 nitrogen and oxygen atoms in total. The summed E-state index contributed by atoms with van der Waals surface area (Å²) in [6.07, 6.45) is 6.64. The van der Waals surface area contributed by atoms with Crippen molar-refractivity contribution in [3.63, 3.8) is 0 Å². The minimum absolute atomic E-state index is 0.312. The Balaban J connectivity index is 2.27. The zero-order valence-electron chi connectivity index (χ0n) is 11.9. The van der Waals surface area contributed by atoms with Crippen LogP contribution in [0.5, 0.6) is 0 Å². The van der Waals surface area contributed by atoms with Gasteiger partial charge in [-0.3, -0.25) is 0 Å². The van der Waals surface area contributed by atoms with Crippen molar-refractivity contribution in [3.8, 4) is 0 Å². The van der Waals surface area contributed by atoms with Gasteiger partial charge in [-0.25, -0.2) is 4.39 Å². The van der Waals surface area contributed by atoms with E-state index in [2.05, 4.69) is 4.90 Å². The minimum atomic E-state index is -0.774. The fourth-order valence-corrected chi connectivity index (χ4v) is 3.09. The van der Waals surface area contributed by atoms with Crippen LogP contribution in [0.4, 0.5) is 10.1 Å². The number of nitrogens with zero attached hydrogens (tertiary/aromatic N) is 1. The summed E-state index contributed by atoms with van der Waals surface area (Å²) in [4.78, 5) is 2.16. The van der Waals surface area contributed by atoms with Crippen LogP contribution >= 0.6 is 0 Å². The fourth-order valence-electron chi connectivity index (χ4n) is 3.09. The van der Waals surface area contributed by atoms with Gasteiger partial charge in [-0.15, -0.1) is 0 Å². The molecule has 19 heavy (non-hydrogen) atoms. The molecule has 0 bridgehead atoms. The molecule has 2 rings (SSSR count). The lowest BCUT2D eigenvalue weighted by molar-refractivity contribution is 0.194. The summed E-state index contributed by atoms with van der Waals surface area (Å²) >= 11 is 0.